The van der Waals surface area contributed by atoms with Crippen LogP contribution in [0.15, 0.2) is 11.6 Å². The highest BCUT2D eigenvalue weighted by Gasteiger charge is 2.50. The van der Waals surface area contributed by atoms with Gasteiger partial charge in [-0.05, 0) is 93.4 Å². The van der Waals surface area contributed by atoms with Gasteiger partial charge in [-0.3, -0.25) is 9.59 Å². The summed E-state index contributed by atoms with van der Waals surface area (Å²) in [6.45, 7) is 45.9. The highest BCUT2D eigenvalue weighted by atomic mass is 28.4. The fraction of sp³-hybridized carbons (Fsp3) is 0.900. The molecule has 6 atom stereocenters. The maximum atomic E-state index is 14.9. The van der Waals surface area contributed by atoms with E-state index in [0.717, 1.165) is 19.3 Å². The first-order chi connectivity index (χ1) is 21.7. The van der Waals surface area contributed by atoms with Crippen molar-refractivity contribution in [3.8, 4) is 0 Å². The fourth-order valence-corrected chi connectivity index (χ4v) is 10.2. The fourth-order valence-electron chi connectivity index (χ4n) is 5.81. The third-order valence-corrected chi connectivity index (χ3v) is 26.3. The highest BCUT2D eigenvalue weighted by molar-refractivity contribution is 6.75. The van der Waals surface area contributed by atoms with Crippen LogP contribution < -0.4 is 0 Å². The molecule has 0 aliphatic carbocycles. The Balaban J connectivity index is 3.79. The molecule has 0 radical (unpaired) electrons. The summed E-state index contributed by atoms with van der Waals surface area (Å²) in [4.78, 5) is 29.0. The van der Waals surface area contributed by atoms with Gasteiger partial charge in [0.1, 0.15) is 11.9 Å². The molecular formula is C40H80O6Si3. The summed E-state index contributed by atoms with van der Waals surface area (Å²) < 4.78 is 27.4. The normalized spacial score (nSPS) is 28.4. The van der Waals surface area contributed by atoms with E-state index in [0.29, 0.717) is 6.42 Å². The molecule has 0 aromatic heterocycles. The number of rotatable bonds is 7. The predicted octanol–water partition coefficient (Wildman–Crippen LogP) is 11.9. The third-order valence-electron chi connectivity index (χ3n) is 12.8. The number of Topliss-reactive ketones (excluding diaryl/α,β-unsaturated/α-hetero) is 1. The van der Waals surface area contributed by atoms with E-state index in [-0.39, 0.29) is 57.3 Å². The van der Waals surface area contributed by atoms with E-state index in [1.54, 1.807) is 0 Å². The Morgan fingerprint density at radius 2 is 1.29 bits per heavy atom. The van der Waals surface area contributed by atoms with Crippen molar-refractivity contribution >= 4 is 36.7 Å². The zero-order valence-corrected chi connectivity index (χ0v) is 39.0. The van der Waals surface area contributed by atoms with E-state index in [9.17, 15) is 9.59 Å². The van der Waals surface area contributed by atoms with Crippen LogP contribution in [-0.4, -0.2) is 61.1 Å². The standard InChI is InChI=1S/C40H80O6Si3/c1-28-23-22-24-29(2)35(46-49(20,21)39(11,12)13)30(3)36(42)40(14,15)33(45-48(18,19)38(8,9)10)27-34(41)43-32(26-25-28)31(4)44-47(16,17)37(5,6)7/h25,29-33,35H,22-24,26-27H2,1-21H3/b28-25-/t29-,30-,31?,32+,33+,35+/m1/s1. The summed E-state index contributed by atoms with van der Waals surface area (Å²) in [7, 11) is -6.71. The van der Waals surface area contributed by atoms with Gasteiger partial charge in [-0.1, -0.05) is 102 Å². The molecule has 1 rings (SSSR count). The van der Waals surface area contributed by atoms with Crippen molar-refractivity contribution in [1.82, 2.24) is 0 Å². The number of allylic oxidation sites excluding steroid dienone is 1. The Morgan fingerprint density at radius 1 is 0.816 bits per heavy atom. The number of carbonyl (C=O) groups is 2. The molecule has 1 unspecified atom stereocenters. The van der Waals surface area contributed by atoms with Crippen molar-refractivity contribution in [2.75, 3.05) is 0 Å². The number of hydrogen-bond donors (Lipinski definition) is 0. The third kappa shape index (κ3) is 12.5. The van der Waals surface area contributed by atoms with Crippen molar-refractivity contribution in [2.24, 2.45) is 17.3 Å². The molecule has 0 amide bonds. The summed E-state index contributed by atoms with van der Waals surface area (Å²) in [5, 5.41) is -0.0591. The van der Waals surface area contributed by atoms with Gasteiger partial charge in [0.25, 0.3) is 0 Å². The minimum atomic E-state index is -2.39. The maximum Gasteiger partial charge on any atom is 0.308 e. The molecule has 1 aliphatic heterocycles. The Bertz CT molecular complexity index is 1140. The van der Waals surface area contributed by atoms with Crippen LogP contribution in [0.2, 0.25) is 54.4 Å². The molecule has 0 bridgehead atoms. The SMILES string of the molecule is C/C1=C/C[C@@H](C(C)O[Si](C)(C)C(C)(C)C)OC(=O)C[C@H](O[Si](C)(C)C(C)(C)C)C(C)(C)C(=O)[C@H](C)[C@@H](O[Si](C)(C)C(C)(C)C)[C@H](C)CCC1. The Hall–Kier alpha value is -0.589. The number of cyclic esters (lactones) is 1. The van der Waals surface area contributed by atoms with E-state index in [1.807, 2.05) is 27.7 Å². The van der Waals surface area contributed by atoms with E-state index < -0.39 is 42.6 Å². The van der Waals surface area contributed by atoms with Crippen molar-refractivity contribution in [3.05, 3.63) is 11.6 Å². The van der Waals surface area contributed by atoms with Gasteiger partial charge in [0.15, 0.2) is 25.0 Å². The quantitative estimate of drug-likeness (QED) is 0.147. The smallest absolute Gasteiger partial charge is 0.308 e. The monoisotopic (exact) mass is 741 g/mol. The molecule has 6 nitrogen and oxygen atoms in total. The van der Waals surface area contributed by atoms with Crippen LogP contribution in [0.25, 0.3) is 0 Å². The van der Waals surface area contributed by atoms with E-state index >= 15 is 0 Å². The second-order valence-corrected chi connectivity index (χ2v) is 34.8. The lowest BCUT2D eigenvalue weighted by Gasteiger charge is -2.46. The van der Waals surface area contributed by atoms with Gasteiger partial charge in [0.05, 0.1) is 24.7 Å². The van der Waals surface area contributed by atoms with E-state index in [4.69, 9.17) is 18.0 Å². The van der Waals surface area contributed by atoms with Crippen LogP contribution in [0.3, 0.4) is 0 Å². The summed E-state index contributed by atoms with van der Waals surface area (Å²) in [6, 6.07) is 0. The molecule has 0 N–H and O–H groups in total. The minimum absolute atomic E-state index is 0.00723. The van der Waals surface area contributed by atoms with E-state index in [1.165, 1.54) is 5.57 Å². The number of esters is 1. The first-order valence-electron chi connectivity index (χ1n) is 19.1. The Labute approximate surface area is 307 Å². The molecule has 1 heterocycles. The zero-order chi connectivity index (χ0) is 38.8. The highest BCUT2D eigenvalue weighted by Crippen LogP contribution is 2.44. The summed E-state index contributed by atoms with van der Waals surface area (Å²) >= 11 is 0. The average molecular weight is 741 g/mol. The number of carbonyl (C=O) groups excluding carboxylic acids is 2. The second-order valence-electron chi connectivity index (χ2n) is 20.6. The number of ether oxygens (including phenoxy) is 1. The molecule has 288 valence electrons. The lowest BCUT2D eigenvalue weighted by Crippen LogP contribution is -2.54. The van der Waals surface area contributed by atoms with Crippen molar-refractivity contribution < 1.29 is 27.6 Å². The van der Waals surface area contributed by atoms with Gasteiger partial charge in [0.2, 0.25) is 0 Å². The largest absolute Gasteiger partial charge is 0.459 e. The van der Waals surface area contributed by atoms with Crippen LogP contribution >= 0.6 is 0 Å². The van der Waals surface area contributed by atoms with Crippen LogP contribution in [0.4, 0.5) is 0 Å². The van der Waals surface area contributed by atoms with Gasteiger partial charge in [-0.15, -0.1) is 0 Å². The first-order valence-corrected chi connectivity index (χ1v) is 27.8. The Morgan fingerprint density at radius 3 is 1.76 bits per heavy atom. The number of hydrogen-bond acceptors (Lipinski definition) is 6. The van der Waals surface area contributed by atoms with Crippen molar-refractivity contribution in [1.29, 1.82) is 0 Å². The molecule has 0 aromatic carbocycles. The summed E-state index contributed by atoms with van der Waals surface area (Å²) in [6.07, 6.45) is 4.20. The molecule has 0 saturated carbocycles. The molecular weight excluding hydrogens is 661 g/mol. The van der Waals surface area contributed by atoms with Gasteiger partial charge in [-0.2, -0.15) is 0 Å². The molecule has 1 aliphatic rings. The first kappa shape index (κ1) is 46.4. The van der Waals surface area contributed by atoms with Crippen molar-refractivity contribution in [2.45, 2.75) is 215 Å². The Kier molecular flexibility index (Phi) is 15.7. The lowest BCUT2D eigenvalue weighted by molar-refractivity contribution is -0.158. The van der Waals surface area contributed by atoms with Gasteiger partial charge in [-0.25, -0.2) is 0 Å². The van der Waals surface area contributed by atoms with Gasteiger partial charge >= 0.3 is 5.97 Å². The van der Waals surface area contributed by atoms with Crippen molar-refractivity contribution in [3.63, 3.8) is 0 Å². The number of ketones is 1. The van der Waals surface area contributed by atoms with Crippen LogP contribution in [0.5, 0.6) is 0 Å². The van der Waals surface area contributed by atoms with Crippen LogP contribution in [0, 0.1) is 17.3 Å². The topological polar surface area (TPSA) is 71.1 Å². The summed E-state index contributed by atoms with van der Waals surface area (Å²) in [5.74, 6) is -0.418. The maximum absolute atomic E-state index is 14.9. The molecule has 0 spiro atoms. The van der Waals surface area contributed by atoms with Gasteiger partial charge in [0, 0.05) is 17.8 Å². The zero-order valence-electron chi connectivity index (χ0n) is 36.0. The average Bonchev–Trinajstić information content (AvgIpc) is 2.89. The van der Waals surface area contributed by atoms with E-state index in [2.05, 4.69) is 122 Å². The molecule has 9 heteroatoms. The van der Waals surface area contributed by atoms with Crippen LogP contribution in [-0.2, 0) is 27.6 Å². The van der Waals surface area contributed by atoms with Gasteiger partial charge < -0.3 is 18.0 Å². The molecule has 0 saturated heterocycles. The minimum Gasteiger partial charge on any atom is -0.459 e. The predicted molar refractivity (Wildman–Crippen MR) is 216 cm³/mol. The molecule has 0 aromatic rings. The lowest BCUT2D eigenvalue weighted by atomic mass is 9.73. The van der Waals surface area contributed by atoms with Crippen LogP contribution in [0.1, 0.15) is 136 Å². The summed E-state index contributed by atoms with van der Waals surface area (Å²) in [5.41, 5.74) is 0.334. The second kappa shape index (κ2) is 16.6. The molecule has 0 fully saturated rings. The molecule has 49 heavy (non-hydrogen) atoms.